The fourth-order valence-electron chi connectivity index (χ4n) is 2.22. The summed E-state index contributed by atoms with van der Waals surface area (Å²) in [6.45, 7) is 0.215. The minimum atomic E-state index is -0.407. The van der Waals surface area contributed by atoms with Crippen molar-refractivity contribution in [2.24, 2.45) is 5.10 Å². The van der Waals surface area contributed by atoms with Crippen LogP contribution in [-0.4, -0.2) is 18.7 Å². The lowest BCUT2D eigenvalue weighted by Crippen LogP contribution is -2.16. The molecule has 0 unspecified atom stereocenters. The van der Waals surface area contributed by atoms with Crippen molar-refractivity contribution in [1.29, 1.82) is 0 Å². The zero-order valence-electron chi connectivity index (χ0n) is 13.3. The first kappa shape index (κ1) is 18.7. The lowest BCUT2D eigenvalue weighted by atomic mass is 10.2. The van der Waals surface area contributed by atoms with Crippen LogP contribution in [0.15, 0.2) is 52.0 Å². The van der Waals surface area contributed by atoms with Crippen molar-refractivity contribution in [1.82, 2.24) is 5.43 Å². The van der Waals surface area contributed by atoms with Crippen LogP contribution in [0.2, 0.25) is 0 Å². The van der Waals surface area contributed by atoms with E-state index in [4.69, 9.17) is 15.6 Å². The number of amides is 1. The number of ether oxygens (including phenoxy) is 1. The molecular formula is C19H12I2N2O3. The Bertz CT molecular complexity index is 979. The van der Waals surface area contributed by atoms with E-state index >= 15 is 0 Å². The Balaban J connectivity index is 1.70. The highest BCUT2D eigenvalue weighted by atomic mass is 127. The van der Waals surface area contributed by atoms with Gasteiger partial charge in [0.2, 0.25) is 0 Å². The predicted octanol–water partition coefficient (Wildman–Crippen LogP) is 4.42. The Hall–Kier alpha value is -2.06. The average molecular weight is 570 g/mol. The predicted molar refractivity (Wildman–Crippen MR) is 117 cm³/mol. The van der Waals surface area contributed by atoms with Gasteiger partial charge in [0, 0.05) is 5.39 Å². The molecule has 2 aromatic carbocycles. The van der Waals surface area contributed by atoms with Crippen LogP contribution in [0, 0.1) is 19.5 Å². The number of furan rings is 1. The SMILES string of the molecule is C#CCOc1c(I)cc(/C=N/NC(=O)c2cc3ccccc3o2)cc1I. The highest BCUT2D eigenvalue weighted by Gasteiger charge is 2.11. The number of nitrogens with one attached hydrogen (secondary N) is 1. The molecule has 0 aliphatic rings. The van der Waals surface area contributed by atoms with Crippen molar-refractivity contribution in [2.75, 3.05) is 6.61 Å². The second-order valence-corrected chi connectivity index (χ2v) is 7.48. The molecule has 0 bridgehead atoms. The number of para-hydroxylation sites is 1. The molecule has 0 aliphatic carbocycles. The maximum atomic E-state index is 12.2. The van der Waals surface area contributed by atoms with Crippen molar-refractivity contribution < 1.29 is 13.9 Å². The van der Waals surface area contributed by atoms with Gasteiger partial charge in [0.25, 0.3) is 0 Å². The van der Waals surface area contributed by atoms with Gasteiger partial charge in [-0.25, -0.2) is 5.43 Å². The largest absolute Gasteiger partial charge is 0.479 e. The van der Waals surface area contributed by atoms with E-state index in [1.165, 1.54) is 0 Å². The van der Waals surface area contributed by atoms with Gasteiger partial charge < -0.3 is 9.15 Å². The summed E-state index contributed by atoms with van der Waals surface area (Å²) in [5.41, 5.74) is 3.96. The number of hydrazone groups is 1. The molecule has 0 aliphatic heterocycles. The summed E-state index contributed by atoms with van der Waals surface area (Å²) < 4.78 is 12.9. The zero-order valence-corrected chi connectivity index (χ0v) is 17.6. The molecule has 3 aromatic rings. The van der Waals surface area contributed by atoms with Gasteiger partial charge in [-0.15, -0.1) is 6.42 Å². The smallest absolute Gasteiger partial charge is 0.307 e. The van der Waals surface area contributed by atoms with Crippen LogP contribution in [0.1, 0.15) is 16.1 Å². The molecule has 7 heteroatoms. The van der Waals surface area contributed by atoms with Gasteiger partial charge in [-0.1, -0.05) is 24.1 Å². The lowest BCUT2D eigenvalue weighted by molar-refractivity contribution is 0.0929. The summed E-state index contributed by atoms with van der Waals surface area (Å²) >= 11 is 4.34. The summed E-state index contributed by atoms with van der Waals surface area (Å²) in [4.78, 5) is 12.2. The highest BCUT2D eigenvalue weighted by Crippen LogP contribution is 2.28. The van der Waals surface area contributed by atoms with E-state index in [9.17, 15) is 4.79 Å². The zero-order chi connectivity index (χ0) is 18.5. The van der Waals surface area contributed by atoms with Crippen molar-refractivity contribution in [3.8, 4) is 18.1 Å². The molecule has 26 heavy (non-hydrogen) atoms. The molecule has 0 atom stereocenters. The van der Waals surface area contributed by atoms with Crippen LogP contribution in [0.5, 0.6) is 5.75 Å². The number of rotatable bonds is 5. The molecule has 1 N–H and O–H groups in total. The Morgan fingerprint density at radius 1 is 1.27 bits per heavy atom. The van der Waals surface area contributed by atoms with E-state index in [1.54, 1.807) is 12.3 Å². The fourth-order valence-corrected chi connectivity index (χ4v) is 4.35. The number of nitrogens with zero attached hydrogens (tertiary/aromatic N) is 1. The maximum Gasteiger partial charge on any atom is 0.307 e. The van der Waals surface area contributed by atoms with Gasteiger partial charge in [0.1, 0.15) is 17.9 Å². The quantitative estimate of drug-likeness (QED) is 0.214. The molecule has 1 amide bonds. The fraction of sp³-hybridized carbons (Fsp3) is 0.0526. The van der Waals surface area contributed by atoms with Crippen molar-refractivity contribution in [2.45, 2.75) is 0 Å². The van der Waals surface area contributed by atoms with Gasteiger partial charge in [-0.05, 0) is 75.0 Å². The molecule has 0 radical (unpaired) electrons. The molecule has 0 spiro atoms. The van der Waals surface area contributed by atoms with E-state index in [0.29, 0.717) is 5.58 Å². The van der Waals surface area contributed by atoms with Crippen molar-refractivity contribution in [3.05, 3.63) is 60.9 Å². The second-order valence-electron chi connectivity index (χ2n) is 5.15. The third-order valence-corrected chi connectivity index (χ3v) is 4.95. The molecule has 1 aromatic heterocycles. The van der Waals surface area contributed by atoms with E-state index in [0.717, 1.165) is 23.8 Å². The molecule has 0 fully saturated rings. The number of benzene rings is 2. The average Bonchev–Trinajstić information content (AvgIpc) is 3.05. The first-order chi connectivity index (χ1) is 12.6. The van der Waals surface area contributed by atoms with Crippen LogP contribution in [0.25, 0.3) is 11.0 Å². The summed E-state index contributed by atoms with van der Waals surface area (Å²) in [5, 5.41) is 4.87. The summed E-state index contributed by atoms with van der Waals surface area (Å²) in [6.07, 6.45) is 6.79. The Kier molecular flexibility index (Phi) is 6.16. The Labute approximate surface area is 177 Å². The Morgan fingerprint density at radius 3 is 2.69 bits per heavy atom. The number of hydrogen-bond donors (Lipinski definition) is 1. The van der Waals surface area contributed by atoms with Crippen LogP contribution in [0.3, 0.4) is 0 Å². The van der Waals surface area contributed by atoms with Crippen LogP contribution in [-0.2, 0) is 0 Å². The third-order valence-electron chi connectivity index (χ3n) is 3.35. The van der Waals surface area contributed by atoms with Gasteiger partial charge >= 0.3 is 5.91 Å². The molecule has 130 valence electrons. The topological polar surface area (TPSA) is 63.8 Å². The molecular weight excluding hydrogens is 558 g/mol. The van der Waals surface area contributed by atoms with Gasteiger partial charge in [-0.3, -0.25) is 4.79 Å². The third kappa shape index (κ3) is 4.37. The molecule has 3 rings (SSSR count). The van der Waals surface area contributed by atoms with E-state index in [1.807, 2.05) is 36.4 Å². The minimum absolute atomic E-state index is 0.213. The maximum absolute atomic E-state index is 12.2. The minimum Gasteiger partial charge on any atom is -0.479 e. The molecule has 1 heterocycles. The summed E-state index contributed by atoms with van der Waals surface area (Å²) in [5.74, 6) is 3.00. The number of terminal acetylenes is 1. The highest BCUT2D eigenvalue weighted by molar-refractivity contribution is 14.1. The van der Waals surface area contributed by atoms with Crippen molar-refractivity contribution in [3.63, 3.8) is 0 Å². The van der Waals surface area contributed by atoms with Crippen LogP contribution < -0.4 is 10.2 Å². The number of fused-ring (bicyclic) bond motifs is 1. The van der Waals surface area contributed by atoms with Crippen molar-refractivity contribution >= 4 is 68.3 Å². The molecule has 5 nitrogen and oxygen atoms in total. The normalized spacial score (nSPS) is 10.8. The first-order valence-electron chi connectivity index (χ1n) is 7.46. The number of halogens is 2. The second kappa shape index (κ2) is 8.55. The van der Waals surface area contributed by atoms with Crippen LogP contribution >= 0.6 is 45.2 Å². The molecule has 0 saturated carbocycles. The van der Waals surface area contributed by atoms with Gasteiger partial charge in [0.15, 0.2) is 5.76 Å². The number of carbonyl (C=O) groups is 1. The lowest BCUT2D eigenvalue weighted by Gasteiger charge is -2.08. The standard InChI is InChI=1S/C19H12I2N2O3/c1-2-7-25-18-14(20)8-12(9-15(18)21)11-22-23-19(24)17-10-13-5-3-4-6-16(13)26-17/h1,3-6,8-11H,7H2,(H,23,24)/b22-11+. The van der Waals surface area contributed by atoms with Crippen LogP contribution in [0.4, 0.5) is 0 Å². The molecule has 0 saturated heterocycles. The van der Waals surface area contributed by atoms with E-state index < -0.39 is 5.91 Å². The summed E-state index contributed by atoms with van der Waals surface area (Å²) in [7, 11) is 0. The van der Waals surface area contributed by atoms with E-state index in [-0.39, 0.29) is 12.4 Å². The monoisotopic (exact) mass is 570 g/mol. The Morgan fingerprint density at radius 2 is 2.00 bits per heavy atom. The van der Waals surface area contributed by atoms with Gasteiger partial charge in [0.05, 0.1) is 13.4 Å². The van der Waals surface area contributed by atoms with Gasteiger partial charge in [-0.2, -0.15) is 5.10 Å². The summed E-state index contributed by atoms with van der Waals surface area (Å²) in [6, 6.07) is 12.9. The number of hydrogen-bond acceptors (Lipinski definition) is 4. The number of carbonyl (C=O) groups excluding carboxylic acids is 1. The first-order valence-corrected chi connectivity index (χ1v) is 9.61. The van der Waals surface area contributed by atoms with E-state index in [2.05, 4.69) is 61.6 Å².